The molecule has 2 aromatic rings. The summed E-state index contributed by atoms with van der Waals surface area (Å²) in [6, 6.07) is 7.67. The van der Waals surface area contributed by atoms with Gasteiger partial charge in [0.15, 0.2) is 11.6 Å². The average Bonchev–Trinajstić information content (AvgIpc) is 2.38. The molecule has 2 rings (SSSR count). The minimum atomic E-state index is -0.902. The van der Waals surface area contributed by atoms with Crippen LogP contribution >= 0.6 is 0 Å². The fourth-order valence-electron chi connectivity index (χ4n) is 2.06. The molecular formula is C15H14F3N. The van der Waals surface area contributed by atoms with Crippen LogP contribution in [0, 0.1) is 24.4 Å². The van der Waals surface area contributed by atoms with Gasteiger partial charge in [-0.05, 0) is 48.2 Å². The molecule has 0 spiro atoms. The van der Waals surface area contributed by atoms with Crippen molar-refractivity contribution in [3.05, 3.63) is 70.5 Å². The smallest absolute Gasteiger partial charge is 0.162 e. The first-order valence-electron chi connectivity index (χ1n) is 5.93. The third kappa shape index (κ3) is 2.96. The zero-order valence-electron chi connectivity index (χ0n) is 10.5. The van der Waals surface area contributed by atoms with Crippen molar-refractivity contribution >= 4 is 0 Å². The number of benzene rings is 2. The van der Waals surface area contributed by atoms with Gasteiger partial charge in [-0.25, -0.2) is 13.2 Å². The van der Waals surface area contributed by atoms with Crippen LogP contribution in [-0.2, 0) is 6.42 Å². The van der Waals surface area contributed by atoms with E-state index in [0.29, 0.717) is 5.56 Å². The molecule has 0 heterocycles. The maximum atomic E-state index is 13.6. The Balaban J connectivity index is 2.28. The summed E-state index contributed by atoms with van der Waals surface area (Å²) in [7, 11) is 0. The van der Waals surface area contributed by atoms with E-state index in [1.54, 1.807) is 13.0 Å². The quantitative estimate of drug-likeness (QED) is 0.900. The largest absolute Gasteiger partial charge is 0.324 e. The first-order chi connectivity index (χ1) is 8.99. The van der Waals surface area contributed by atoms with Crippen LogP contribution in [0.4, 0.5) is 13.2 Å². The van der Waals surface area contributed by atoms with Crippen molar-refractivity contribution in [1.29, 1.82) is 0 Å². The van der Waals surface area contributed by atoms with Crippen molar-refractivity contribution in [1.82, 2.24) is 0 Å². The molecule has 0 aromatic heterocycles. The molecule has 0 aliphatic carbocycles. The molecule has 0 saturated carbocycles. The van der Waals surface area contributed by atoms with E-state index in [4.69, 9.17) is 5.73 Å². The Morgan fingerprint density at radius 2 is 1.84 bits per heavy atom. The van der Waals surface area contributed by atoms with Crippen LogP contribution in [0.15, 0.2) is 36.4 Å². The van der Waals surface area contributed by atoms with Crippen LogP contribution < -0.4 is 5.73 Å². The predicted molar refractivity (Wildman–Crippen MR) is 68.1 cm³/mol. The van der Waals surface area contributed by atoms with Crippen molar-refractivity contribution in [3.63, 3.8) is 0 Å². The van der Waals surface area contributed by atoms with Crippen LogP contribution in [0.1, 0.15) is 22.7 Å². The van der Waals surface area contributed by atoms with E-state index in [2.05, 4.69) is 0 Å². The highest BCUT2D eigenvalue weighted by molar-refractivity contribution is 5.31. The summed E-state index contributed by atoms with van der Waals surface area (Å²) in [5.74, 6) is -2.19. The molecule has 0 fully saturated rings. The predicted octanol–water partition coefficient (Wildman–Crippen LogP) is 3.65. The Morgan fingerprint density at radius 3 is 2.58 bits per heavy atom. The second-order valence-corrected chi connectivity index (χ2v) is 4.52. The minimum Gasteiger partial charge on any atom is -0.324 e. The molecule has 0 aliphatic rings. The number of nitrogens with two attached hydrogens (primary N) is 1. The highest BCUT2D eigenvalue weighted by Crippen LogP contribution is 2.22. The Kier molecular flexibility index (Phi) is 3.90. The van der Waals surface area contributed by atoms with E-state index >= 15 is 0 Å². The van der Waals surface area contributed by atoms with Gasteiger partial charge in [0, 0.05) is 6.04 Å². The molecule has 19 heavy (non-hydrogen) atoms. The summed E-state index contributed by atoms with van der Waals surface area (Å²) >= 11 is 0. The summed E-state index contributed by atoms with van der Waals surface area (Å²) in [4.78, 5) is 0. The van der Waals surface area contributed by atoms with E-state index in [9.17, 15) is 13.2 Å². The number of aryl methyl sites for hydroxylation is 1. The van der Waals surface area contributed by atoms with E-state index in [1.165, 1.54) is 24.3 Å². The third-order valence-electron chi connectivity index (χ3n) is 3.11. The minimum absolute atomic E-state index is 0.119. The fourth-order valence-corrected chi connectivity index (χ4v) is 2.06. The van der Waals surface area contributed by atoms with E-state index in [-0.39, 0.29) is 12.0 Å². The summed E-state index contributed by atoms with van der Waals surface area (Å²) < 4.78 is 39.9. The van der Waals surface area contributed by atoms with Gasteiger partial charge < -0.3 is 5.73 Å². The van der Waals surface area contributed by atoms with Gasteiger partial charge in [0.05, 0.1) is 0 Å². The highest BCUT2D eigenvalue weighted by Gasteiger charge is 2.15. The molecule has 0 amide bonds. The molecule has 1 atom stereocenters. The lowest BCUT2D eigenvalue weighted by Crippen LogP contribution is -2.16. The summed E-state index contributed by atoms with van der Waals surface area (Å²) in [6.07, 6.45) is 0.119. The fraction of sp³-hybridized carbons (Fsp3) is 0.200. The SMILES string of the molecule is Cc1ccc(F)cc1C(N)Cc1cccc(F)c1F. The molecule has 0 saturated heterocycles. The van der Waals surface area contributed by atoms with Gasteiger partial charge >= 0.3 is 0 Å². The topological polar surface area (TPSA) is 26.0 Å². The number of halogens is 3. The van der Waals surface area contributed by atoms with E-state index < -0.39 is 23.5 Å². The van der Waals surface area contributed by atoms with E-state index in [0.717, 1.165) is 11.6 Å². The molecule has 1 unspecified atom stereocenters. The Hall–Kier alpha value is -1.81. The molecule has 4 heteroatoms. The van der Waals surface area contributed by atoms with Crippen LogP contribution in [-0.4, -0.2) is 0 Å². The van der Waals surface area contributed by atoms with Crippen molar-refractivity contribution in [2.45, 2.75) is 19.4 Å². The summed E-state index contributed by atoms with van der Waals surface area (Å²) in [6.45, 7) is 1.80. The van der Waals surface area contributed by atoms with Crippen molar-refractivity contribution in [3.8, 4) is 0 Å². The standard InChI is InChI=1S/C15H14F3N/c1-9-5-6-11(16)8-12(9)14(19)7-10-3-2-4-13(17)15(10)18/h2-6,8,14H,7,19H2,1H3. The lowest BCUT2D eigenvalue weighted by atomic mass is 9.96. The van der Waals surface area contributed by atoms with Gasteiger partial charge in [-0.15, -0.1) is 0 Å². The van der Waals surface area contributed by atoms with Crippen LogP contribution in [0.5, 0.6) is 0 Å². The summed E-state index contributed by atoms with van der Waals surface area (Å²) in [5.41, 5.74) is 7.58. The van der Waals surface area contributed by atoms with Crippen molar-refractivity contribution in [2.24, 2.45) is 5.73 Å². The maximum Gasteiger partial charge on any atom is 0.162 e. The highest BCUT2D eigenvalue weighted by atomic mass is 19.2. The summed E-state index contributed by atoms with van der Waals surface area (Å²) in [5, 5.41) is 0. The first-order valence-corrected chi connectivity index (χ1v) is 5.93. The molecule has 0 aliphatic heterocycles. The molecule has 0 radical (unpaired) electrons. The zero-order chi connectivity index (χ0) is 14.0. The third-order valence-corrected chi connectivity index (χ3v) is 3.11. The molecule has 2 aromatic carbocycles. The second-order valence-electron chi connectivity index (χ2n) is 4.52. The maximum absolute atomic E-state index is 13.6. The van der Waals surface area contributed by atoms with Crippen LogP contribution in [0.25, 0.3) is 0 Å². The Labute approximate surface area is 109 Å². The van der Waals surface area contributed by atoms with Gasteiger partial charge in [-0.3, -0.25) is 0 Å². The van der Waals surface area contributed by atoms with Gasteiger partial charge in [-0.1, -0.05) is 18.2 Å². The molecule has 0 bridgehead atoms. The van der Waals surface area contributed by atoms with Crippen molar-refractivity contribution < 1.29 is 13.2 Å². The van der Waals surface area contributed by atoms with Crippen LogP contribution in [0.2, 0.25) is 0 Å². The Bertz CT molecular complexity index is 596. The van der Waals surface area contributed by atoms with Gasteiger partial charge in [0.1, 0.15) is 5.82 Å². The first kappa shape index (κ1) is 13.6. The number of hydrogen-bond donors (Lipinski definition) is 1. The monoisotopic (exact) mass is 265 g/mol. The molecule has 2 N–H and O–H groups in total. The number of rotatable bonds is 3. The lowest BCUT2D eigenvalue weighted by Gasteiger charge is -2.15. The van der Waals surface area contributed by atoms with Crippen molar-refractivity contribution in [2.75, 3.05) is 0 Å². The zero-order valence-corrected chi connectivity index (χ0v) is 10.5. The second kappa shape index (κ2) is 5.45. The number of hydrogen-bond acceptors (Lipinski definition) is 1. The van der Waals surface area contributed by atoms with Crippen LogP contribution in [0.3, 0.4) is 0 Å². The normalized spacial score (nSPS) is 12.5. The van der Waals surface area contributed by atoms with Gasteiger partial charge in [-0.2, -0.15) is 0 Å². The molecule has 1 nitrogen and oxygen atoms in total. The average molecular weight is 265 g/mol. The van der Waals surface area contributed by atoms with E-state index in [1.807, 2.05) is 0 Å². The lowest BCUT2D eigenvalue weighted by molar-refractivity contribution is 0.494. The van der Waals surface area contributed by atoms with Gasteiger partial charge in [0.25, 0.3) is 0 Å². The molecule has 100 valence electrons. The van der Waals surface area contributed by atoms with Gasteiger partial charge in [0.2, 0.25) is 0 Å². The molecular weight excluding hydrogens is 251 g/mol. The Morgan fingerprint density at radius 1 is 1.11 bits per heavy atom.